The van der Waals surface area contributed by atoms with Crippen LogP contribution in [0.15, 0.2) is 23.2 Å². The van der Waals surface area contributed by atoms with Gasteiger partial charge in [0.15, 0.2) is 0 Å². The number of rotatable bonds is 3. The molecule has 1 N–H and O–H groups in total. The van der Waals surface area contributed by atoms with E-state index in [4.69, 9.17) is 0 Å². The van der Waals surface area contributed by atoms with Crippen LogP contribution >= 0.6 is 0 Å². The van der Waals surface area contributed by atoms with Crippen molar-refractivity contribution in [2.24, 2.45) is 4.99 Å². The van der Waals surface area contributed by atoms with E-state index in [0.717, 1.165) is 12.8 Å². The number of nitro groups is 1. The van der Waals surface area contributed by atoms with Crippen molar-refractivity contribution in [2.45, 2.75) is 37.8 Å². The Kier molecular flexibility index (Phi) is 4.11. The van der Waals surface area contributed by atoms with Gasteiger partial charge in [0.25, 0.3) is 5.69 Å². The average Bonchev–Trinajstić information content (AvgIpc) is 2.39. The van der Waals surface area contributed by atoms with Crippen LogP contribution in [-0.4, -0.2) is 28.4 Å². The number of aliphatic hydroxyl groups is 1. The van der Waals surface area contributed by atoms with Crippen molar-refractivity contribution >= 4 is 11.9 Å². The molecule has 1 aromatic carbocycles. The molecule has 0 aromatic heterocycles. The molecule has 0 amide bonds. The van der Waals surface area contributed by atoms with Gasteiger partial charge in [-0.15, -0.1) is 0 Å². The summed E-state index contributed by atoms with van der Waals surface area (Å²) in [7, 11) is 0. The molecule has 0 heterocycles. The number of nitro benzene ring substituents is 1. The first-order valence-corrected chi connectivity index (χ1v) is 6.23. The summed E-state index contributed by atoms with van der Waals surface area (Å²) in [5.74, 6) is -0.273. The summed E-state index contributed by atoms with van der Waals surface area (Å²) >= 11 is 0. The third kappa shape index (κ3) is 3.51. The van der Waals surface area contributed by atoms with Gasteiger partial charge < -0.3 is 10.2 Å². The molecule has 6 heteroatoms. The first-order chi connectivity index (χ1) is 9.06. The van der Waals surface area contributed by atoms with E-state index in [9.17, 15) is 20.3 Å². The minimum atomic E-state index is -0.534. The van der Waals surface area contributed by atoms with Crippen molar-refractivity contribution in [1.29, 1.82) is 0 Å². The lowest BCUT2D eigenvalue weighted by Gasteiger charge is -2.22. The molecule has 0 aliphatic heterocycles. The average molecular weight is 263 g/mol. The van der Waals surface area contributed by atoms with Crippen LogP contribution in [0.3, 0.4) is 0 Å². The quantitative estimate of drug-likeness (QED) is 0.506. The lowest BCUT2D eigenvalue weighted by atomic mass is 9.93. The Morgan fingerprint density at radius 3 is 2.63 bits per heavy atom. The normalized spacial score (nSPS) is 23.6. The van der Waals surface area contributed by atoms with Crippen molar-refractivity contribution in [3.63, 3.8) is 0 Å². The maximum absolute atomic E-state index is 11.6. The van der Waals surface area contributed by atoms with E-state index in [1.54, 1.807) is 0 Å². The smallest absolute Gasteiger partial charge is 0.270 e. The Labute approximate surface area is 110 Å². The molecular weight excluding hydrogens is 248 g/mol. The van der Waals surface area contributed by atoms with Gasteiger partial charge in [-0.05, 0) is 31.2 Å². The van der Waals surface area contributed by atoms with Gasteiger partial charge in [0.05, 0.1) is 17.1 Å². The van der Waals surface area contributed by atoms with Gasteiger partial charge in [-0.1, -0.05) is 11.8 Å². The molecule has 0 saturated heterocycles. The van der Waals surface area contributed by atoms with E-state index in [-0.39, 0.29) is 29.1 Å². The number of non-ortho nitro benzene ring substituents is 1. The summed E-state index contributed by atoms with van der Waals surface area (Å²) in [6.07, 6.45) is 4.14. The van der Waals surface area contributed by atoms with Crippen LogP contribution in [0.2, 0.25) is 0 Å². The summed E-state index contributed by atoms with van der Waals surface area (Å²) in [5.41, 5.74) is 0.125. The highest BCUT2D eigenvalue weighted by Gasteiger charge is 2.17. The van der Waals surface area contributed by atoms with Gasteiger partial charge in [0.2, 0.25) is 0 Å². The second-order valence-electron chi connectivity index (χ2n) is 4.72. The maximum atomic E-state index is 11.6. The third-order valence-corrected chi connectivity index (χ3v) is 3.29. The molecule has 1 aliphatic rings. The summed E-state index contributed by atoms with van der Waals surface area (Å²) < 4.78 is 0. The number of aliphatic imine (C=N–C) groups is 1. The van der Waals surface area contributed by atoms with Crippen LogP contribution in [0.1, 0.15) is 31.2 Å². The summed E-state index contributed by atoms with van der Waals surface area (Å²) in [6, 6.07) is 3.70. The molecule has 102 valence electrons. The monoisotopic (exact) mass is 263 g/mol. The zero-order valence-electron chi connectivity index (χ0n) is 10.4. The molecule has 2 rings (SSSR count). The second-order valence-corrected chi connectivity index (χ2v) is 4.72. The van der Waals surface area contributed by atoms with Gasteiger partial charge in [0.1, 0.15) is 0 Å². The highest BCUT2D eigenvalue weighted by molar-refractivity contribution is 5.84. The van der Waals surface area contributed by atoms with Gasteiger partial charge in [-0.3, -0.25) is 15.1 Å². The predicted molar refractivity (Wildman–Crippen MR) is 68.4 cm³/mol. The van der Waals surface area contributed by atoms with E-state index in [2.05, 4.69) is 4.99 Å². The third-order valence-electron chi connectivity index (χ3n) is 3.29. The van der Waals surface area contributed by atoms with E-state index in [0.29, 0.717) is 12.8 Å². The Morgan fingerprint density at radius 1 is 1.32 bits per heavy atom. The number of aliphatic hydroxyl groups excluding tert-OH is 1. The fourth-order valence-corrected chi connectivity index (χ4v) is 2.14. The minimum absolute atomic E-state index is 0.0852. The highest BCUT2D eigenvalue weighted by atomic mass is 16.6. The first-order valence-electron chi connectivity index (χ1n) is 6.23. The van der Waals surface area contributed by atoms with Crippen molar-refractivity contribution in [3.8, 4) is 5.75 Å². The molecule has 6 nitrogen and oxygen atoms in total. The molecular formula is C13H15N2O4-. The fraction of sp³-hybridized carbons (Fsp3) is 0.462. The van der Waals surface area contributed by atoms with Crippen molar-refractivity contribution in [1.82, 2.24) is 0 Å². The summed E-state index contributed by atoms with van der Waals surface area (Å²) in [4.78, 5) is 14.4. The number of hydrogen-bond donors (Lipinski definition) is 1. The molecule has 0 bridgehead atoms. The van der Waals surface area contributed by atoms with E-state index >= 15 is 0 Å². The van der Waals surface area contributed by atoms with E-state index < -0.39 is 4.92 Å². The Morgan fingerprint density at radius 2 is 2.00 bits per heavy atom. The number of hydrogen-bond acceptors (Lipinski definition) is 5. The van der Waals surface area contributed by atoms with E-state index in [1.807, 2.05) is 0 Å². The second kappa shape index (κ2) is 5.79. The fourth-order valence-electron chi connectivity index (χ4n) is 2.14. The Hall–Kier alpha value is -1.95. The van der Waals surface area contributed by atoms with Gasteiger partial charge in [0, 0.05) is 18.3 Å². The summed E-state index contributed by atoms with van der Waals surface area (Å²) in [6.45, 7) is 0. The lowest BCUT2D eigenvalue weighted by Crippen LogP contribution is -2.20. The van der Waals surface area contributed by atoms with Crippen LogP contribution in [-0.2, 0) is 0 Å². The first kappa shape index (κ1) is 13.5. The molecule has 1 aliphatic carbocycles. The molecule has 19 heavy (non-hydrogen) atoms. The van der Waals surface area contributed by atoms with E-state index in [1.165, 1.54) is 24.4 Å². The molecule has 0 unspecified atom stereocenters. The van der Waals surface area contributed by atoms with Gasteiger partial charge >= 0.3 is 0 Å². The SMILES string of the molecule is O=[N+]([O-])c1ccc([O-])c(C=NC2CCC(O)CC2)c1. The Balaban J connectivity index is 2.09. The van der Waals surface area contributed by atoms with Crippen LogP contribution in [0.4, 0.5) is 5.69 Å². The van der Waals surface area contributed by atoms with Crippen molar-refractivity contribution in [3.05, 3.63) is 33.9 Å². The minimum Gasteiger partial charge on any atom is -0.872 e. The molecule has 1 aromatic rings. The largest absolute Gasteiger partial charge is 0.872 e. The van der Waals surface area contributed by atoms with Crippen molar-refractivity contribution in [2.75, 3.05) is 0 Å². The number of benzene rings is 1. The summed E-state index contributed by atoms with van der Waals surface area (Å²) in [5, 5.41) is 31.6. The van der Waals surface area contributed by atoms with Crippen LogP contribution in [0.5, 0.6) is 5.75 Å². The molecule has 0 radical (unpaired) electrons. The van der Waals surface area contributed by atoms with Gasteiger partial charge in [-0.2, -0.15) is 0 Å². The van der Waals surface area contributed by atoms with Crippen LogP contribution < -0.4 is 5.11 Å². The topological polar surface area (TPSA) is 98.8 Å². The van der Waals surface area contributed by atoms with Gasteiger partial charge in [-0.25, -0.2) is 0 Å². The van der Waals surface area contributed by atoms with Crippen molar-refractivity contribution < 1.29 is 15.1 Å². The zero-order valence-corrected chi connectivity index (χ0v) is 10.4. The molecule has 0 atom stereocenters. The zero-order chi connectivity index (χ0) is 13.8. The molecule has 1 fully saturated rings. The maximum Gasteiger partial charge on any atom is 0.270 e. The lowest BCUT2D eigenvalue weighted by molar-refractivity contribution is -0.385. The molecule has 1 saturated carbocycles. The predicted octanol–water partition coefficient (Wildman–Crippen LogP) is 1.39. The highest BCUT2D eigenvalue weighted by Crippen LogP contribution is 2.23. The molecule has 0 spiro atoms. The number of nitrogens with zero attached hydrogens (tertiary/aromatic N) is 2. The van der Waals surface area contributed by atoms with Crippen LogP contribution in [0.25, 0.3) is 0 Å². The Bertz CT molecular complexity index is 493. The standard InChI is InChI=1S/C13H16N2O4/c16-12-4-1-10(2-5-12)14-8-9-7-11(15(18)19)3-6-13(9)17/h3,6-8,10,12,16-17H,1-2,4-5H2/p-1. The van der Waals surface area contributed by atoms with Crippen LogP contribution in [0, 0.1) is 10.1 Å².